The molecule has 0 atom stereocenters. The fraction of sp³-hybridized carbons (Fsp3) is 0.385. The highest BCUT2D eigenvalue weighted by atomic mass is 19.1. The number of amides is 1. The summed E-state index contributed by atoms with van der Waals surface area (Å²) in [5.41, 5.74) is -0.759. The summed E-state index contributed by atoms with van der Waals surface area (Å²) in [5, 5.41) is 11.2. The molecule has 0 bridgehead atoms. The van der Waals surface area contributed by atoms with E-state index in [1.807, 2.05) is 6.07 Å². The molecule has 0 heterocycles. The second kappa shape index (κ2) is 5.13. The van der Waals surface area contributed by atoms with Gasteiger partial charge in [-0.3, -0.25) is 4.79 Å². The maximum absolute atomic E-state index is 13.4. The SMILES string of the molecule is Cc1cc(C(=O)NCC(C)(C)C#N)c(F)cc1F. The first kappa shape index (κ1) is 14.1. The van der Waals surface area contributed by atoms with Crippen molar-refractivity contribution in [3.05, 3.63) is 34.9 Å². The first-order chi connectivity index (χ1) is 8.26. The van der Waals surface area contributed by atoms with Gasteiger partial charge in [0.1, 0.15) is 11.6 Å². The van der Waals surface area contributed by atoms with Crippen LogP contribution in [-0.2, 0) is 0 Å². The highest BCUT2D eigenvalue weighted by Gasteiger charge is 2.20. The summed E-state index contributed by atoms with van der Waals surface area (Å²) in [6.07, 6.45) is 0. The summed E-state index contributed by atoms with van der Waals surface area (Å²) >= 11 is 0. The monoisotopic (exact) mass is 252 g/mol. The molecule has 3 nitrogen and oxygen atoms in total. The molecule has 0 aromatic heterocycles. The molecule has 0 radical (unpaired) electrons. The molecule has 1 aromatic carbocycles. The number of carbonyl (C=O) groups excluding carboxylic acids is 1. The number of halogens is 2. The molecule has 0 aliphatic rings. The van der Waals surface area contributed by atoms with Gasteiger partial charge in [-0.15, -0.1) is 0 Å². The van der Waals surface area contributed by atoms with Crippen LogP contribution in [0.1, 0.15) is 29.8 Å². The molecule has 0 unspecified atom stereocenters. The molecule has 0 saturated heterocycles. The normalized spacial score (nSPS) is 10.9. The molecule has 0 saturated carbocycles. The van der Waals surface area contributed by atoms with Gasteiger partial charge in [-0.05, 0) is 32.4 Å². The molecule has 0 fully saturated rings. The Labute approximate surface area is 104 Å². The van der Waals surface area contributed by atoms with Crippen LogP contribution in [0.2, 0.25) is 0 Å². The van der Waals surface area contributed by atoms with Gasteiger partial charge >= 0.3 is 0 Å². The van der Waals surface area contributed by atoms with Crippen LogP contribution in [0.3, 0.4) is 0 Å². The lowest BCUT2D eigenvalue weighted by molar-refractivity contribution is 0.0939. The quantitative estimate of drug-likeness (QED) is 0.898. The van der Waals surface area contributed by atoms with Gasteiger partial charge in [-0.2, -0.15) is 5.26 Å². The van der Waals surface area contributed by atoms with E-state index in [-0.39, 0.29) is 17.7 Å². The Bertz CT molecular complexity index is 518. The number of carbonyl (C=O) groups is 1. The zero-order valence-corrected chi connectivity index (χ0v) is 10.5. The molecular weight excluding hydrogens is 238 g/mol. The molecule has 0 spiro atoms. The van der Waals surface area contributed by atoms with Crippen molar-refractivity contribution in [2.45, 2.75) is 20.8 Å². The lowest BCUT2D eigenvalue weighted by atomic mass is 9.96. The van der Waals surface area contributed by atoms with Crippen LogP contribution in [0, 0.1) is 35.3 Å². The average Bonchev–Trinajstić information content (AvgIpc) is 2.31. The first-order valence-electron chi connectivity index (χ1n) is 5.42. The van der Waals surface area contributed by atoms with Crippen molar-refractivity contribution >= 4 is 5.91 Å². The second-order valence-corrected chi connectivity index (χ2v) is 4.76. The van der Waals surface area contributed by atoms with Crippen molar-refractivity contribution in [2.75, 3.05) is 6.54 Å². The number of rotatable bonds is 3. The van der Waals surface area contributed by atoms with Crippen molar-refractivity contribution in [1.82, 2.24) is 5.32 Å². The summed E-state index contributed by atoms with van der Waals surface area (Å²) in [4.78, 5) is 11.7. The first-order valence-corrected chi connectivity index (χ1v) is 5.42. The van der Waals surface area contributed by atoms with Crippen molar-refractivity contribution in [3.63, 3.8) is 0 Å². The number of aryl methyl sites for hydroxylation is 1. The van der Waals surface area contributed by atoms with Gasteiger partial charge in [-0.1, -0.05) is 0 Å². The minimum atomic E-state index is -0.912. The summed E-state index contributed by atoms with van der Waals surface area (Å²) in [5.74, 6) is -2.26. The Morgan fingerprint density at radius 2 is 2.00 bits per heavy atom. The summed E-state index contributed by atoms with van der Waals surface area (Å²) in [6, 6.07) is 3.85. The van der Waals surface area contributed by atoms with Gasteiger partial charge in [0.25, 0.3) is 5.91 Å². The van der Waals surface area contributed by atoms with E-state index in [1.165, 1.54) is 6.92 Å². The molecule has 1 rings (SSSR count). The third kappa shape index (κ3) is 3.27. The van der Waals surface area contributed by atoms with E-state index in [1.54, 1.807) is 13.8 Å². The number of nitrogens with zero attached hydrogens (tertiary/aromatic N) is 1. The molecule has 1 aromatic rings. The van der Waals surface area contributed by atoms with Crippen LogP contribution >= 0.6 is 0 Å². The van der Waals surface area contributed by atoms with Crippen LogP contribution < -0.4 is 5.32 Å². The fourth-order valence-electron chi connectivity index (χ4n) is 1.27. The van der Waals surface area contributed by atoms with E-state index in [0.717, 1.165) is 6.07 Å². The smallest absolute Gasteiger partial charge is 0.254 e. The standard InChI is InChI=1S/C13H14F2N2O/c1-8-4-9(11(15)5-10(8)14)12(18)17-7-13(2,3)6-16/h4-5H,7H2,1-3H3,(H,17,18). The van der Waals surface area contributed by atoms with Crippen LogP contribution in [0.25, 0.3) is 0 Å². The molecule has 0 aliphatic heterocycles. The maximum atomic E-state index is 13.4. The molecule has 1 amide bonds. The topological polar surface area (TPSA) is 52.9 Å². The largest absolute Gasteiger partial charge is 0.350 e. The van der Waals surface area contributed by atoms with Crippen molar-refractivity contribution in [3.8, 4) is 6.07 Å². The Kier molecular flexibility index (Phi) is 4.02. The second-order valence-electron chi connectivity index (χ2n) is 4.76. The highest BCUT2D eigenvalue weighted by Crippen LogP contribution is 2.15. The van der Waals surface area contributed by atoms with Gasteiger partial charge in [0.2, 0.25) is 0 Å². The number of hydrogen-bond donors (Lipinski definition) is 1. The Hall–Kier alpha value is -1.96. The number of benzene rings is 1. The van der Waals surface area contributed by atoms with E-state index in [0.29, 0.717) is 6.07 Å². The Morgan fingerprint density at radius 1 is 1.39 bits per heavy atom. The minimum absolute atomic E-state index is 0.0954. The third-order valence-corrected chi connectivity index (χ3v) is 2.49. The van der Waals surface area contributed by atoms with Gasteiger partial charge < -0.3 is 5.32 Å². The van der Waals surface area contributed by atoms with E-state index >= 15 is 0 Å². The van der Waals surface area contributed by atoms with Crippen LogP contribution in [0.5, 0.6) is 0 Å². The molecule has 1 N–H and O–H groups in total. The summed E-state index contributed by atoms with van der Waals surface area (Å²) in [6.45, 7) is 4.85. The Balaban J connectivity index is 2.87. The molecule has 96 valence electrons. The van der Waals surface area contributed by atoms with Gasteiger partial charge in [0.15, 0.2) is 0 Å². The molecule has 5 heteroatoms. The lowest BCUT2D eigenvalue weighted by Gasteiger charge is -2.16. The van der Waals surface area contributed by atoms with Crippen LogP contribution in [0.15, 0.2) is 12.1 Å². The fourth-order valence-corrected chi connectivity index (χ4v) is 1.27. The number of nitriles is 1. The van der Waals surface area contributed by atoms with Gasteiger partial charge in [-0.25, -0.2) is 8.78 Å². The van der Waals surface area contributed by atoms with Gasteiger partial charge in [0, 0.05) is 12.6 Å². The summed E-state index contributed by atoms with van der Waals surface area (Å²) < 4.78 is 26.5. The Morgan fingerprint density at radius 3 is 2.56 bits per heavy atom. The number of hydrogen-bond acceptors (Lipinski definition) is 2. The zero-order valence-electron chi connectivity index (χ0n) is 10.5. The molecule has 18 heavy (non-hydrogen) atoms. The summed E-state index contributed by atoms with van der Waals surface area (Å²) in [7, 11) is 0. The lowest BCUT2D eigenvalue weighted by Crippen LogP contribution is -2.33. The predicted octanol–water partition coefficient (Wildman–Crippen LogP) is 2.55. The number of nitrogens with one attached hydrogen (secondary N) is 1. The van der Waals surface area contributed by atoms with E-state index < -0.39 is 23.0 Å². The molecular formula is C13H14F2N2O. The van der Waals surface area contributed by atoms with Crippen molar-refractivity contribution < 1.29 is 13.6 Å². The molecule has 0 aliphatic carbocycles. The van der Waals surface area contributed by atoms with Crippen LogP contribution in [-0.4, -0.2) is 12.5 Å². The minimum Gasteiger partial charge on any atom is -0.350 e. The maximum Gasteiger partial charge on any atom is 0.254 e. The van der Waals surface area contributed by atoms with Crippen molar-refractivity contribution in [1.29, 1.82) is 5.26 Å². The third-order valence-electron chi connectivity index (χ3n) is 2.49. The van der Waals surface area contributed by atoms with E-state index in [2.05, 4.69) is 5.32 Å². The highest BCUT2D eigenvalue weighted by molar-refractivity contribution is 5.94. The van der Waals surface area contributed by atoms with Crippen molar-refractivity contribution in [2.24, 2.45) is 5.41 Å². The average molecular weight is 252 g/mol. The van der Waals surface area contributed by atoms with E-state index in [9.17, 15) is 13.6 Å². The van der Waals surface area contributed by atoms with Crippen LogP contribution in [0.4, 0.5) is 8.78 Å². The predicted molar refractivity (Wildman–Crippen MR) is 62.8 cm³/mol. The van der Waals surface area contributed by atoms with Gasteiger partial charge in [0.05, 0.1) is 17.0 Å². The van der Waals surface area contributed by atoms with E-state index in [4.69, 9.17) is 5.26 Å². The zero-order chi connectivity index (χ0) is 13.9.